The fourth-order valence-electron chi connectivity index (χ4n) is 3.63. The summed E-state index contributed by atoms with van der Waals surface area (Å²) in [6.45, 7) is 15.5. The topological polar surface area (TPSA) is 95.9 Å². The number of rotatable bonds is 10. The second-order valence-corrected chi connectivity index (χ2v) is 11.0. The fourth-order valence-corrected chi connectivity index (χ4v) is 3.63. The highest BCUT2D eigenvalue weighted by Crippen LogP contribution is 2.25. The van der Waals surface area contributed by atoms with Gasteiger partial charge in [-0.15, -0.1) is 0 Å². The summed E-state index contributed by atoms with van der Waals surface area (Å²) in [5.41, 5.74) is 1.91. The molecule has 0 aliphatic carbocycles. The molecule has 1 rings (SSSR count). The Kier molecular flexibility index (Phi) is 10.2. The van der Waals surface area contributed by atoms with E-state index in [-0.39, 0.29) is 17.8 Å². The number of ether oxygens (including phenoxy) is 1. The van der Waals surface area contributed by atoms with Crippen LogP contribution in [0.25, 0.3) is 0 Å². The van der Waals surface area contributed by atoms with Crippen molar-refractivity contribution in [3.05, 3.63) is 35.4 Å². The van der Waals surface area contributed by atoms with E-state index in [0.717, 1.165) is 12.8 Å². The molecule has 0 heterocycles. The zero-order chi connectivity index (χ0) is 24.7. The van der Waals surface area contributed by atoms with E-state index in [0.29, 0.717) is 6.42 Å². The van der Waals surface area contributed by atoms with Crippen LogP contribution in [0.15, 0.2) is 24.3 Å². The summed E-state index contributed by atoms with van der Waals surface area (Å²) in [4.78, 5) is 23.7. The number of alkyl carbamates (subject to hydrolysis) is 1. The Balaban J connectivity index is 2.95. The molecule has 0 spiro atoms. The lowest BCUT2D eigenvalue weighted by molar-refractivity contribution is -0.142. The van der Waals surface area contributed by atoms with Gasteiger partial charge in [0.1, 0.15) is 5.60 Å². The van der Waals surface area contributed by atoms with Crippen LogP contribution in [-0.4, -0.2) is 40.0 Å². The molecule has 0 saturated heterocycles. The standard InChI is InChI=1S/C26H43NO5/c1-9-18(15-19-10-12-20(13-11-19)25(3,4)5)16-21(22(28)14-17(2)23(29)30)27-24(31)32-26(6,7)8/h10-13,17-18,21-22,28H,9,14-16H2,1-8H3,(H,27,31)(H,29,30)/t17?,18-,21-,22-/m0/s1. The third kappa shape index (κ3) is 10.0. The summed E-state index contributed by atoms with van der Waals surface area (Å²) < 4.78 is 5.37. The van der Waals surface area contributed by atoms with Gasteiger partial charge in [0.25, 0.3) is 0 Å². The van der Waals surface area contributed by atoms with E-state index in [2.05, 4.69) is 57.3 Å². The highest BCUT2D eigenvalue weighted by molar-refractivity contribution is 5.70. The van der Waals surface area contributed by atoms with Crippen molar-refractivity contribution in [2.45, 2.75) is 104 Å². The molecule has 6 nitrogen and oxygen atoms in total. The van der Waals surface area contributed by atoms with E-state index < -0.39 is 35.7 Å². The normalized spacial score (nSPS) is 16.0. The lowest BCUT2D eigenvalue weighted by Crippen LogP contribution is -2.47. The Labute approximate surface area is 193 Å². The Hall–Kier alpha value is -2.08. The van der Waals surface area contributed by atoms with Gasteiger partial charge >= 0.3 is 12.1 Å². The van der Waals surface area contributed by atoms with Crippen molar-refractivity contribution in [2.75, 3.05) is 0 Å². The van der Waals surface area contributed by atoms with Crippen LogP contribution in [0.2, 0.25) is 0 Å². The highest BCUT2D eigenvalue weighted by atomic mass is 16.6. The van der Waals surface area contributed by atoms with E-state index >= 15 is 0 Å². The van der Waals surface area contributed by atoms with Crippen molar-refractivity contribution in [1.82, 2.24) is 5.32 Å². The lowest BCUT2D eigenvalue weighted by Gasteiger charge is -2.30. The average Bonchev–Trinajstić information content (AvgIpc) is 2.64. The molecule has 4 atom stereocenters. The number of aliphatic hydroxyl groups excluding tert-OH is 1. The third-order valence-electron chi connectivity index (χ3n) is 5.69. The van der Waals surface area contributed by atoms with Gasteiger partial charge in [-0.25, -0.2) is 4.79 Å². The monoisotopic (exact) mass is 449 g/mol. The molecular weight excluding hydrogens is 406 g/mol. The lowest BCUT2D eigenvalue weighted by atomic mass is 9.84. The van der Waals surface area contributed by atoms with E-state index in [1.807, 2.05) is 0 Å². The van der Waals surface area contributed by atoms with E-state index in [9.17, 15) is 19.8 Å². The minimum atomic E-state index is -0.981. The molecule has 0 aliphatic rings. The number of carboxylic acids is 1. The van der Waals surface area contributed by atoms with E-state index in [4.69, 9.17) is 4.74 Å². The second kappa shape index (κ2) is 11.7. The van der Waals surface area contributed by atoms with Gasteiger partial charge in [0.15, 0.2) is 0 Å². The van der Waals surface area contributed by atoms with Crippen LogP contribution in [0.3, 0.4) is 0 Å². The van der Waals surface area contributed by atoms with Crippen LogP contribution in [0.4, 0.5) is 4.79 Å². The molecule has 0 aromatic heterocycles. The van der Waals surface area contributed by atoms with Crippen LogP contribution >= 0.6 is 0 Å². The number of aliphatic hydroxyl groups is 1. The summed E-state index contributed by atoms with van der Waals surface area (Å²) >= 11 is 0. The largest absolute Gasteiger partial charge is 0.481 e. The molecule has 182 valence electrons. The van der Waals surface area contributed by atoms with Gasteiger partial charge in [-0.1, -0.05) is 65.3 Å². The van der Waals surface area contributed by atoms with E-state index in [1.165, 1.54) is 11.1 Å². The molecule has 6 heteroatoms. The Morgan fingerprint density at radius 3 is 2.03 bits per heavy atom. The van der Waals surface area contributed by atoms with Crippen molar-refractivity contribution >= 4 is 12.1 Å². The van der Waals surface area contributed by atoms with Crippen molar-refractivity contribution in [1.29, 1.82) is 0 Å². The maximum atomic E-state index is 12.4. The molecule has 32 heavy (non-hydrogen) atoms. The van der Waals surface area contributed by atoms with Gasteiger partial charge in [-0.2, -0.15) is 0 Å². The van der Waals surface area contributed by atoms with Gasteiger partial charge in [0.2, 0.25) is 0 Å². The molecule has 1 amide bonds. The molecular formula is C26H43NO5. The van der Waals surface area contributed by atoms with Gasteiger partial charge in [0, 0.05) is 0 Å². The van der Waals surface area contributed by atoms with Crippen molar-refractivity contribution in [3.63, 3.8) is 0 Å². The summed E-state index contributed by atoms with van der Waals surface area (Å²) in [6, 6.07) is 8.00. The first-order chi connectivity index (χ1) is 14.6. The number of hydrogen-bond donors (Lipinski definition) is 3. The van der Waals surface area contributed by atoms with E-state index in [1.54, 1.807) is 27.7 Å². The van der Waals surface area contributed by atoms with Crippen molar-refractivity contribution < 1.29 is 24.5 Å². The number of hydrogen-bond acceptors (Lipinski definition) is 4. The summed E-state index contributed by atoms with van der Waals surface area (Å²) in [5, 5.41) is 22.8. The molecule has 1 aromatic rings. The summed E-state index contributed by atoms with van der Waals surface area (Å²) in [5.74, 6) is -1.46. The number of carbonyl (C=O) groups is 2. The third-order valence-corrected chi connectivity index (χ3v) is 5.69. The average molecular weight is 450 g/mol. The number of amides is 1. The first-order valence-corrected chi connectivity index (χ1v) is 11.6. The molecule has 0 bridgehead atoms. The Morgan fingerprint density at radius 1 is 1.03 bits per heavy atom. The molecule has 0 radical (unpaired) electrons. The van der Waals surface area contributed by atoms with Crippen LogP contribution in [0.5, 0.6) is 0 Å². The van der Waals surface area contributed by atoms with Crippen LogP contribution < -0.4 is 5.32 Å². The zero-order valence-corrected chi connectivity index (χ0v) is 21.1. The number of nitrogens with one attached hydrogen (secondary N) is 1. The SMILES string of the molecule is CC[C@@H](Cc1ccc(C(C)(C)C)cc1)C[C@H](NC(=O)OC(C)(C)C)[C@@H](O)CC(C)C(=O)O. The molecule has 0 aliphatic heterocycles. The maximum Gasteiger partial charge on any atom is 0.407 e. The van der Waals surface area contributed by atoms with Crippen LogP contribution in [-0.2, 0) is 21.4 Å². The number of carbonyl (C=O) groups excluding carboxylic acids is 1. The van der Waals surface area contributed by atoms with Gasteiger partial charge in [-0.05, 0) is 62.5 Å². The van der Waals surface area contributed by atoms with Gasteiger partial charge in [0.05, 0.1) is 18.1 Å². The smallest absolute Gasteiger partial charge is 0.407 e. The Bertz CT molecular complexity index is 730. The fraction of sp³-hybridized carbons (Fsp3) is 0.692. The van der Waals surface area contributed by atoms with Crippen molar-refractivity contribution in [3.8, 4) is 0 Å². The number of aliphatic carboxylic acids is 1. The van der Waals surface area contributed by atoms with Crippen LogP contribution in [0.1, 0.15) is 85.8 Å². The summed E-state index contributed by atoms with van der Waals surface area (Å²) in [7, 11) is 0. The van der Waals surface area contributed by atoms with Crippen molar-refractivity contribution in [2.24, 2.45) is 11.8 Å². The maximum absolute atomic E-state index is 12.4. The second-order valence-electron chi connectivity index (χ2n) is 11.0. The first-order valence-electron chi connectivity index (χ1n) is 11.6. The zero-order valence-electron chi connectivity index (χ0n) is 21.1. The number of carboxylic acid groups (broad SMARTS) is 1. The first kappa shape index (κ1) is 28.0. The number of benzene rings is 1. The minimum absolute atomic E-state index is 0.0620. The predicted octanol–water partition coefficient (Wildman–Crippen LogP) is 5.31. The van der Waals surface area contributed by atoms with Crippen LogP contribution in [0, 0.1) is 11.8 Å². The van der Waals surface area contributed by atoms with Gasteiger partial charge < -0.3 is 20.3 Å². The highest BCUT2D eigenvalue weighted by Gasteiger charge is 2.29. The quantitative estimate of drug-likeness (QED) is 0.450. The minimum Gasteiger partial charge on any atom is -0.481 e. The molecule has 1 unspecified atom stereocenters. The summed E-state index contributed by atoms with van der Waals surface area (Å²) in [6.07, 6.45) is 0.694. The molecule has 0 fully saturated rings. The molecule has 0 saturated carbocycles. The molecule has 3 N–H and O–H groups in total. The van der Waals surface area contributed by atoms with Gasteiger partial charge in [-0.3, -0.25) is 4.79 Å². The Morgan fingerprint density at radius 2 is 1.59 bits per heavy atom. The predicted molar refractivity (Wildman–Crippen MR) is 128 cm³/mol. The molecule has 1 aromatic carbocycles.